The predicted octanol–water partition coefficient (Wildman–Crippen LogP) is 3.53. The predicted molar refractivity (Wildman–Crippen MR) is 101 cm³/mol. The Morgan fingerprint density at radius 3 is 2.69 bits per heavy atom. The van der Waals surface area contributed by atoms with Gasteiger partial charge in [-0.2, -0.15) is 0 Å². The van der Waals surface area contributed by atoms with Gasteiger partial charge in [0.05, 0.1) is 13.5 Å². The van der Waals surface area contributed by atoms with E-state index in [1.807, 2.05) is 54.2 Å². The van der Waals surface area contributed by atoms with Gasteiger partial charge in [0, 0.05) is 24.5 Å². The lowest BCUT2D eigenvalue weighted by atomic mass is 10.0. The number of carbonyl (C=O) groups is 1. The van der Waals surface area contributed by atoms with Crippen LogP contribution in [-0.2, 0) is 18.3 Å². The van der Waals surface area contributed by atoms with Gasteiger partial charge in [0.25, 0.3) is 0 Å². The quantitative estimate of drug-likeness (QED) is 0.723. The van der Waals surface area contributed by atoms with Crippen LogP contribution >= 0.6 is 11.6 Å². The van der Waals surface area contributed by atoms with Gasteiger partial charge in [-0.1, -0.05) is 35.9 Å². The summed E-state index contributed by atoms with van der Waals surface area (Å²) in [5.74, 6) is 1.39. The molecule has 0 aliphatic rings. The summed E-state index contributed by atoms with van der Waals surface area (Å²) in [7, 11) is 3.52. The lowest BCUT2D eigenvalue weighted by Crippen LogP contribution is -2.32. The van der Waals surface area contributed by atoms with Gasteiger partial charge in [0.15, 0.2) is 0 Å². The van der Waals surface area contributed by atoms with Gasteiger partial charge in [0.2, 0.25) is 5.91 Å². The monoisotopic (exact) mass is 369 g/mol. The number of halogens is 1. The number of carbonyl (C=O) groups excluding carboxylic acids is 1. The van der Waals surface area contributed by atoms with E-state index in [2.05, 4.69) is 10.3 Å². The average Bonchev–Trinajstić information content (AvgIpc) is 3.07. The summed E-state index contributed by atoms with van der Waals surface area (Å²) in [5, 5.41) is 3.73. The summed E-state index contributed by atoms with van der Waals surface area (Å²) in [6, 6.07) is 14.5. The highest BCUT2D eigenvalue weighted by atomic mass is 35.5. The molecule has 0 saturated carbocycles. The molecule has 3 aromatic rings. The highest BCUT2D eigenvalue weighted by molar-refractivity contribution is 6.30. The highest BCUT2D eigenvalue weighted by Gasteiger charge is 2.21. The first kappa shape index (κ1) is 18.0. The van der Waals surface area contributed by atoms with Gasteiger partial charge in [-0.15, -0.1) is 0 Å². The normalized spacial score (nSPS) is 11.8. The second kappa shape index (κ2) is 8.06. The smallest absolute Gasteiger partial charge is 0.225 e. The van der Waals surface area contributed by atoms with Gasteiger partial charge in [-0.05, 0) is 35.4 Å². The Morgan fingerprint density at radius 2 is 2.04 bits per heavy atom. The van der Waals surface area contributed by atoms with Crippen LogP contribution in [0, 0.1) is 0 Å². The Labute approximate surface area is 157 Å². The van der Waals surface area contributed by atoms with E-state index < -0.39 is 0 Å². The molecule has 1 aromatic heterocycles. The lowest BCUT2D eigenvalue weighted by molar-refractivity contribution is -0.121. The van der Waals surface area contributed by atoms with Crippen molar-refractivity contribution >= 4 is 17.5 Å². The molecule has 0 aliphatic heterocycles. The first-order valence-electron chi connectivity index (χ1n) is 8.22. The standard InChI is InChI=1S/C20H20ClN3O2/c1-24-11-10-22-20(24)19(15-4-3-5-17(13-15)26-2)23-18(25)12-14-6-8-16(21)9-7-14/h3-11,13,19H,12H2,1-2H3,(H,23,25). The number of ether oxygens (including phenoxy) is 1. The zero-order valence-electron chi connectivity index (χ0n) is 14.6. The van der Waals surface area contributed by atoms with E-state index in [4.69, 9.17) is 16.3 Å². The molecule has 0 bridgehead atoms. The van der Waals surface area contributed by atoms with Crippen LogP contribution < -0.4 is 10.1 Å². The minimum atomic E-state index is -0.370. The highest BCUT2D eigenvalue weighted by Crippen LogP contribution is 2.24. The van der Waals surface area contributed by atoms with Crippen LogP contribution in [-0.4, -0.2) is 22.6 Å². The zero-order chi connectivity index (χ0) is 18.5. The molecule has 5 nitrogen and oxygen atoms in total. The first-order chi connectivity index (χ1) is 12.6. The van der Waals surface area contributed by atoms with Crippen molar-refractivity contribution in [1.82, 2.24) is 14.9 Å². The molecular formula is C20H20ClN3O2. The summed E-state index contributed by atoms with van der Waals surface area (Å²) < 4.78 is 7.21. The molecule has 134 valence electrons. The SMILES string of the molecule is COc1cccc(C(NC(=O)Cc2ccc(Cl)cc2)c2nccn2C)c1. The van der Waals surface area contributed by atoms with E-state index in [-0.39, 0.29) is 18.4 Å². The Kier molecular flexibility index (Phi) is 5.58. The third-order valence-electron chi connectivity index (χ3n) is 4.13. The number of benzene rings is 2. The molecule has 0 saturated heterocycles. The summed E-state index contributed by atoms with van der Waals surface area (Å²) in [6.45, 7) is 0. The van der Waals surface area contributed by atoms with Crippen molar-refractivity contribution < 1.29 is 9.53 Å². The maximum Gasteiger partial charge on any atom is 0.225 e. The van der Waals surface area contributed by atoms with Gasteiger partial charge >= 0.3 is 0 Å². The van der Waals surface area contributed by atoms with Crippen molar-refractivity contribution in [3.05, 3.63) is 82.9 Å². The largest absolute Gasteiger partial charge is 0.497 e. The molecule has 1 N–H and O–H groups in total. The van der Waals surface area contributed by atoms with Crippen LogP contribution in [0.4, 0.5) is 0 Å². The Balaban J connectivity index is 1.85. The molecule has 0 fully saturated rings. The summed E-state index contributed by atoms with van der Waals surface area (Å²) >= 11 is 5.90. The number of rotatable bonds is 6. The number of amides is 1. The fraction of sp³-hybridized carbons (Fsp3) is 0.200. The van der Waals surface area contributed by atoms with Crippen LogP contribution in [0.5, 0.6) is 5.75 Å². The number of methoxy groups -OCH3 is 1. The molecule has 1 amide bonds. The van der Waals surface area contributed by atoms with E-state index in [0.717, 1.165) is 22.7 Å². The second-order valence-electron chi connectivity index (χ2n) is 5.98. The third kappa shape index (κ3) is 4.24. The topological polar surface area (TPSA) is 56.1 Å². The third-order valence-corrected chi connectivity index (χ3v) is 4.38. The van der Waals surface area contributed by atoms with Gasteiger partial charge in [0.1, 0.15) is 17.6 Å². The number of aryl methyl sites for hydroxylation is 1. The summed E-state index contributed by atoms with van der Waals surface area (Å²) in [6.07, 6.45) is 3.84. The summed E-state index contributed by atoms with van der Waals surface area (Å²) in [5.41, 5.74) is 1.80. The van der Waals surface area contributed by atoms with Crippen molar-refractivity contribution in [2.24, 2.45) is 7.05 Å². The molecule has 0 aliphatic carbocycles. The Morgan fingerprint density at radius 1 is 1.27 bits per heavy atom. The van der Waals surface area contributed by atoms with Crippen molar-refractivity contribution in [3.8, 4) is 5.75 Å². The fourth-order valence-corrected chi connectivity index (χ4v) is 2.90. The number of hydrogen-bond donors (Lipinski definition) is 1. The first-order valence-corrected chi connectivity index (χ1v) is 8.59. The summed E-state index contributed by atoms with van der Waals surface area (Å²) in [4.78, 5) is 17.0. The second-order valence-corrected chi connectivity index (χ2v) is 6.41. The van der Waals surface area contributed by atoms with Crippen molar-refractivity contribution in [2.75, 3.05) is 7.11 Å². The molecule has 0 radical (unpaired) electrons. The van der Waals surface area contributed by atoms with E-state index in [1.54, 1.807) is 25.4 Å². The van der Waals surface area contributed by atoms with Gasteiger partial charge in [-0.3, -0.25) is 4.79 Å². The van der Waals surface area contributed by atoms with Gasteiger partial charge in [-0.25, -0.2) is 4.98 Å². The van der Waals surface area contributed by atoms with E-state index in [9.17, 15) is 4.79 Å². The van der Waals surface area contributed by atoms with E-state index >= 15 is 0 Å². The fourth-order valence-electron chi connectivity index (χ4n) is 2.77. The molecule has 6 heteroatoms. The number of aromatic nitrogens is 2. The minimum Gasteiger partial charge on any atom is -0.497 e. The molecule has 1 heterocycles. The van der Waals surface area contributed by atoms with Crippen LogP contribution in [0.25, 0.3) is 0 Å². The maximum absolute atomic E-state index is 12.6. The number of nitrogens with one attached hydrogen (secondary N) is 1. The van der Waals surface area contributed by atoms with Crippen LogP contribution in [0.1, 0.15) is 23.0 Å². The molecule has 1 atom stereocenters. The molecule has 26 heavy (non-hydrogen) atoms. The molecule has 0 spiro atoms. The average molecular weight is 370 g/mol. The van der Waals surface area contributed by atoms with Crippen LogP contribution in [0.3, 0.4) is 0 Å². The van der Waals surface area contributed by atoms with E-state index in [1.165, 1.54) is 0 Å². The Hall–Kier alpha value is -2.79. The lowest BCUT2D eigenvalue weighted by Gasteiger charge is -2.20. The van der Waals surface area contributed by atoms with Gasteiger partial charge < -0.3 is 14.6 Å². The molecule has 1 unspecified atom stereocenters. The molecular weight excluding hydrogens is 350 g/mol. The Bertz CT molecular complexity index is 890. The van der Waals surface area contributed by atoms with Crippen molar-refractivity contribution in [3.63, 3.8) is 0 Å². The number of hydrogen-bond acceptors (Lipinski definition) is 3. The van der Waals surface area contributed by atoms with Crippen molar-refractivity contribution in [2.45, 2.75) is 12.5 Å². The minimum absolute atomic E-state index is 0.0943. The molecule has 3 rings (SSSR count). The number of nitrogens with zero attached hydrogens (tertiary/aromatic N) is 2. The van der Waals surface area contributed by atoms with Crippen LogP contribution in [0.15, 0.2) is 60.9 Å². The van der Waals surface area contributed by atoms with E-state index in [0.29, 0.717) is 5.02 Å². The zero-order valence-corrected chi connectivity index (χ0v) is 15.4. The molecule has 2 aromatic carbocycles. The maximum atomic E-state index is 12.6. The number of imidazole rings is 1. The van der Waals surface area contributed by atoms with Crippen molar-refractivity contribution in [1.29, 1.82) is 0 Å². The van der Waals surface area contributed by atoms with Crippen LogP contribution in [0.2, 0.25) is 5.02 Å².